The van der Waals surface area contributed by atoms with Crippen molar-refractivity contribution in [2.24, 2.45) is 0 Å². The van der Waals surface area contributed by atoms with E-state index in [-0.39, 0.29) is 6.54 Å². The van der Waals surface area contributed by atoms with Crippen molar-refractivity contribution in [3.8, 4) is 0 Å². The zero-order valence-corrected chi connectivity index (χ0v) is 13.1. The Labute approximate surface area is 144 Å². The Morgan fingerprint density at radius 2 is 2.08 bits per heavy atom. The summed E-state index contributed by atoms with van der Waals surface area (Å²) in [6.45, 7) is 0.526. The highest BCUT2D eigenvalue weighted by molar-refractivity contribution is 5.87. The molecule has 26 heavy (non-hydrogen) atoms. The first-order valence-electron chi connectivity index (χ1n) is 7.47. The third kappa shape index (κ3) is 3.58. The summed E-state index contributed by atoms with van der Waals surface area (Å²) in [7, 11) is 0. The predicted octanol–water partition coefficient (Wildman–Crippen LogP) is 0.639. The largest absolute Gasteiger partial charge is 0.478 e. The molecule has 1 atom stereocenters. The third-order valence-electron chi connectivity index (χ3n) is 3.80. The number of anilines is 1. The molecule has 12 heteroatoms. The molecule has 1 aliphatic heterocycles. The Balaban J connectivity index is 1.79. The summed E-state index contributed by atoms with van der Waals surface area (Å²) in [5, 5.41) is 10.6. The fourth-order valence-electron chi connectivity index (χ4n) is 2.66. The highest BCUT2D eigenvalue weighted by atomic mass is 19.4. The summed E-state index contributed by atoms with van der Waals surface area (Å²) in [6, 6.07) is -0.664. The van der Waals surface area contributed by atoms with E-state index in [0.717, 1.165) is 6.08 Å². The van der Waals surface area contributed by atoms with Gasteiger partial charge in [0.05, 0.1) is 0 Å². The van der Waals surface area contributed by atoms with Gasteiger partial charge in [0.2, 0.25) is 0 Å². The van der Waals surface area contributed by atoms with Crippen LogP contribution in [0.15, 0.2) is 18.7 Å². The van der Waals surface area contributed by atoms with E-state index in [9.17, 15) is 22.8 Å². The number of nitrogens with zero attached hydrogens (tertiary/aromatic N) is 5. The Bertz CT molecular complexity index is 878. The Morgan fingerprint density at radius 1 is 1.31 bits per heavy atom. The number of rotatable bonds is 4. The molecule has 9 nitrogen and oxygen atoms in total. The molecular formula is C14H13F3N6O3. The molecule has 0 aliphatic carbocycles. The van der Waals surface area contributed by atoms with Crippen LogP contribution in [0, 0.1) is 0 Å². The second-order valence-corrected chi connectivity index (χ2v) is 5.58. The van der Waals surface area contributed by atoms with Gasteiger partial charge in [0, 0.05) is 31.4 Å². The summed E-state index contributed by atoms with van der Waals surface area (Å²) >= 11 is 0. The summed E-state index contributed by atoms with van der Waals surface area (Å²) in [5.74, 6) is -2.70. The zero-order valence-electron chi connectivity index (χ0n) is 13.1. The van der Waals surface area contributed by atoms with Crippen LogP contribution in [0.5, 0.6) is 0 Å². The molecule has 0 bridgehead atoms. The van der Waals surface area contributed by atoms with Crippen LogP contribution in [0.3, 0.4) is 0 Å². The van der Waals surface area contributed by atoms with E-state index in [1.807, 2.05) is 5.32 Å². The number of imidazole rings is 1. The standard InChI is InChI=1S/C14H13F3N6O3/c15-14(16,17)13(26)21-8-1-3-22(5-8)11-10-12(19-6-18-11)23(7-20-10)4-2-9(24)25/h2,4,6-8H,1,3,5H2,(H,21,26)(H,24,25)/b4-2-. The number of carbonyl (C=O) groups is 2. The minimum Gasteiger partial charge on any atom is -0.478 e. The van der Waals surface area contributed by atoms with Gasteiger partial charge in [-0.15, -0.1) is 0 Å². The molecule has 1 amide bonds. The van der Waals surface area contributed by atoms with Crippen molar-refractivity contribution in [1.29, 1.82) is 0 Å². The Hall–Kier alpha value is -3.18. The number of fused-ring (bicyclic) bond motifs is 1. The average Bonchev–Trinajstić information content (AvgIpc) is 3.18. The number of amides is 1. The van der Waals surface area contributed by atoms with Crippen molar-refractivity contribution in [1.82, 2.24) is 24.8 Å². The van der Waals surface area contributed by atoms with Gasteiger partial charge in [0.25, 0.3) is 0 Å². The van der Waals surface area contributed by atoms with Crippen molar-refractivity contribution >= 4 is 35.1 Å². The van der Waals surface area contributed by atoms with Crippen molar-refractivity contribution < 1.29 is 27.9 Å². The van der Waals surface area contributed by atoms with Crippen LogP contribution in [0.1, 0.15) is 6.42 Å². The van der Waals surface area contributed by atoms with Crippen LogP contribution in [0.4, 0.5) is 19.0 Å². The average molecular weight is 370 g/mol. The van der Waals surface area contributed by atoms with E-state index in [4.69, 9.17) is 5.11 Å². The van der Waals surface area contributed by atoms with Crippen molar-refractivity contribution in [3.05, 3.63) is 18.7 Å². The van der Waals surface area contributed by atoms with E-state index >= 15 is 0 Å². The van der Waals surface area contributed by atoms with E-state index in [1.165, 1.54) is 23.4 Å². The highest BCUT2D eigenvalue weighted by Crippen LogP contribution is 2.25. The number of halogens is 3. The molecule has 0 aromatic carbocycles. The van der Waals surface area contributed by atoms with Gasteiger partial charge in [-0.05, 0) is 6.42 Å². The number of carboxylic acid groups (broad SMARTS) is 1. The Morgan fingerprint density at radius 3 is 2.77 bits per heavy atom. The van der Waals surface area contributed by atoms with Crippen molar-refractivity contribution in [2.75, 3.05) is 18.0 Å². The second kappa shape index (κ2) is 6.61. The highest BCUT2D eigenvalue weighted by Gasteiger charge is 2.40. The van der Waals surface area contributed by atoms with E-state index in [2.05, 4.69) is 15.0 Å². The van der Waals surface area contributed by atoms with Gasteiger partial charge in [-0.2, -0.15) is 13.2 Å². The van der Waals surface area contributed by atoms with Crippen molar-refractivity contribution in [3.63, 3.8) is 0 Å². The van der Waals surface area contributed by atoms with E-state index < -0.39 is 24.1 Å². The predicted molar refractivity (Wildman–Crippen MR) is 83.1 cm³/mol. The first kappa shape index (κ1) is 17.6. The summed E-state index contributed by atoms with van der Waals surface area (Å²) < 4.78 is 38.5. The minimum absolute atomic E-state index is 0.145. The Kier molecular flexibility index (Phi) is 4.49. The molecule has 0 spiro atoms. The van der Waals surface area contributed by atoms with Crippen LogP contribution < -0.4 is 10.2 Å². The van der Waals surface area contributed by atoms with Crippen LogP contribution in [-0.2, 0) is 9.59 Å². The third-order valence-corrected chi connectivity index (χ3v) is 3.80. The first-order valence-corrected chi connectivity index (χ1v) is 7.47. The molecule has 1 aliphatic rings. The number of carbonyl (C=O) groups excluding carboxylic acids is 1. The monoisotopic (exact) mass is 370 g/mol. The second-order valence-electron chi connectivity index (χ2n) is 5.58. The number of hydrogen-bond donors (Lipinski definition) is 2. The van der Waals surface area contributed by atoms with Gasteiger partial charge >= 0.3 is 18.1 Å². The fraction of sp³-hybridized carbons (Fsp3) is 0.357. The maximum absolute atomic E-state index is 12.4. The van der Waals surface area contributed by atoms with Gasteiger partial charge in [0.1, 0.15) is 12.7 Å². The lowest BCUT2D eigenvalue weighted by atomic mass is 10.2. The van der Waals surface area contributed by atoms with Gasteiger partial charge in [-0.1, -0.05) is 0 Å². The fourth-order valence-corrected chi connectivity index (χ4v) is 2.66. The SMILES string of the molecule is O=C(O)/C=C\n1cnc2c(N3CCC(NC(=O)C(F)(F)F)C3)ncnc21. The molecule has 1 fully saturated rings. The number of alkyl halides is 3. The van der Waals surface area contributed by atoms with Gasteiger partial charge < -0.3 is 15.3 Å². The van der Waals surface area contributed by atoms with Crippen LogP contribution in [0.25, 0.3) is 17.4 Å². The van der Waals surface area contributed by atoms with Crippen LogP contribution in [0.2, 0.25) is 0 Å². The molecule has 2 aromatic rings. The molecule has 1 saturated heterocycles. The number of carboxylic acids is 1. The van der Waals surface area contributed by atoms with Gasteiger partial charge in [0.15, 0.2) is 17.0 Å². The van der Waals surface area contributed by atoms with E-state index in [1.54, 1.807) is 4.90 Å². The molecule has 3 rings (SSSR count). The summed E-state index contributed by atoms with van der Waals surface area (Å²) in [6.07, 6.45) is 0.206. The molecule has 2 N–H and O–H groups in total. The summed E-state index contributed by atoms with van der Waals surface area (Å²) in [4.78, 5) is 35.7. The molecule has 0 saturated carbocycles. The quantitative estimate of drug-likeness (QED) is 0.759. The molecule has 3 heterocycles. The maximum atomic E-state index is 12.4. The lowest BCUT2D eigenvalue weighted by molar-refractivity contribution is -0.174. The number of aliphatic carboxylic acids is 1. The number of aromatic nitrogens is 4. The normalized spacial score (nSPS) is 18.0. The van der Waals surface area contributed by atoms with Crippen LogP contribution in [-0.4, -0.2) is 61.8 Å². The summed E-state index contributed by atoms with van der Waals surface area (Å²) in [5.41, 5.74) is 0.737. The molecule has 138 valence electrons. The lowest BCUT2D eigenvalue weighted by Crippen LogP contribution is -2.44. The lowest BCUT2D eigenvalue weighted by Gasteiger charge is -2.18. The number of hydrogen-bond acceptors (Lipinski definition) is 6. The molecule has 2 aromatic heterocycles. The topological polar surface area (TPSA) is 113 Å². The minimum atomic E-state index is -4.93. The zero-order chi connectivity index (χ0) is 18.9. The maximum Gasteiger partial charge on any atom is 0.471 e. The molecular weight excluding hydrogens is 357 g/mol. The smallest absolute Gasteiger partial charge is 0.471 e. The van der Waals surface area contributed by atoms with E-state index in [0.29, 0.717) is 29.9 Å². The molecule has 0 radical (unpaired) electrons. The molecule has 1 unspecified atom stereocenters. The first-order chi connectivity index (χ1) is 12.3. The van der Waals surface area contributed by atoms with Gasteiger partial charge in [-0.25, -0.2) is 19.7 Å². The van der Waals surface area contributed by atoms with Crippen molar-refractivity contribution in [2.45, 2.75) is 18.6 Å². The number of nitrogens with one attached hydrogen (secondary N) is 1. The van der Waals surface area contributed by atoms with Gasteiger partial charge in [-0.3, -0.25) is 9.36 Å². The van der Waals surface area contributed by atoms with Crippen LogP contribution >= 0.6 is 0 Å².